The zero-order chi connectivity index (χ0) is 15.1. The highest BCUT2D eigenvalue weighted by molar-refractivity contribution is 5.94. The van der Waals surface area contributed by atoms with Gasteiger partial charge in [0.05, 0.1) is 0 Å². The fourth-order valence-corrected chi connectivity index (χ4v) is 1.98. The van der Waals surface area contributed by atoms with Gasteiger partial charge in [0.15, 0.2) is 0 Å². The van der Waals surface area contributed by atoms with E-state index in [1.54, 1.807) is 0 Å². The van der Waals surface area contributed by atoms with E-state index in [-0.39, 0.29) is 24.3 Å². The van der Waals surface area contributed by atoms with E-state index >= 15 is 0 Å². The number of amides is 2. The molecule has 1 aromatic rings. The number of carbonyl (C=O) groups is 2. The Labute approximate surface area is 124 Å². The lowest BCUT2D eigenvalue weighted by Crippen LogP contribution is -2.22. The summed E-state index contributed by atoms with van der Waals surface area (Å²) in [5, 5.41) is 14.4. The number of hydrogen-bond acceptors (Lipinski definition) is 3. The van der Waals surface area contributed by atoms with Gasteiger partial charge in [0.2, 0.25) is 11.8 Å². The van der Waals surface area contributed by atoms with Crippen LogP contribution in [0.25, 0.3) is 0 Å². The van der Waals surface area contributed by atoms with Gasteiger partial charge >= 0.3 is 0 Å². The Morgan fingerprint density at radius 1 is 1.14 bits per heavy atom. The van der Waals surface area contributed by atoms with Crippen LogP contribution in [-0.2, 0) is 16.1 Å². The average Bonchev–Trinajstić information content (AvgIpc) is 3.31. The van der Waals surface area contributed by atoms with Crippen LogP contribution in [0, 0.1) is 5.92 Å². The zero-order valence-corrected chi connectivity index (χ0v) is 12.1. The fraction of sp³-hybridized carbons (Fsp3) is 0.500. The van der Waals surface area contributed by atoms with E-state index in [9.17, 15) is 9.59 Å². The van der Waals surface area contributed by atoms with Crippen molar-refractivity contribution in [3.63, 3.8) is 0 Å². The van der Waals surface area contributed by atoms with Gasteiger partial charge in [-0.25, -0.2) is 0 Å². The number of benzene rings is 1. The van der Waals surface area contributed by atoms with Crippen molar-refractivity contribution >= 4 is 17.5 Å². The monoisotopic (exact) mass is 290 g/mol. The van der Waals surface area contributed by atoms with Crippen molar-refractivity contribution in [3.8, 4) is 0 Å². The zero-order valence-electron chi connectivity index (χ0n) is 12.1. The van der Waals surface area contributed by atoms with Crippen molar-refractivity contribution in [2.45, 2.75) is 38.6 Å². The molecule has 21 heavy (non-hydrogen) atoms. The van der Waals surface area contributed by atoms with Crippen LogP contribution < -0.4 is 10.6 Å². The van der Waals surface area contributed by atoms with Gasteiger partial charge in [-0.05, 0) is 43.4 Å². The Kier molecular flexibility index (Phi) is 5.75. The third-order valence-electron chi connectivity index (χ3n) is 3.47. The first kappa shape index (κ1) is 15.5. The quantitative estimate of drug-likeness (QED) is 0.639. The number of anilines is 1. The standard InChI is InChI=1S/C16H22N2O3/c19-10-2-1-3-15(20)17-11-12-4-8-14(9-5-12)18-16(21)13-6-7-13/h4-5,8-9,13,19H,1-3,6-7,10-11H2,(H,17,20)(H,18,21). The molecule has 5 nitrogen and oxygen atoms in total. The van der Waals surface area contributed by atoms with Gasteiger partial charge in [-0.2, -0.15) is 0 Å². The lowest BCUT2D eigenvalue weighted by molar-refractivity contribution is -0.121. The molecule has 114 valence electrons. The molecule has 2 rings (SSSR count). The van der Waals surface area contributed by atoms with Crippen LogP contribution in [0.1, 0.15) is 37.7 Å². The van der Waals surface area contributed by atoms with E-state index in [0.29, 0.717) is 25.8 Å². The maximum Gasteiger partial charge on any atom is 0.227 e. The molecule has 5 heteroatoms. The van der Waals surface area contributed by atoms with Crippen molar-refractivity contribution in [1.29, 1.82) is 0 Å². The van der Waals surface area contributed by atoms with Crippen molar-refractivity contribution in [1.82, 2.24) is 5.32 Å². The van der Waals surface area contributed by atoms with E-state index in [1.165, 1.54) is 0 Å². The SMILES string of the molecule is O=C(CCCCO)NCc1ccc(NC(=O)C2CC2)cc1. The molecule has 1 fully saturated rings. The average molecular weight is 290 g/mol. The number of hydrogen-bond donors (Lipinski definition) is 3. The maximum atomic E-state index is 11.6. The normalized spacial score (nSPS) is 13.8. The predicted molar refractivity (Wildman–Crippen MR) is 80.6 cm³/mol. The highest BCUT2D eigenvalue weighted by Gasteiger charge is 2.29. The van der Waals surface area contributed by atoms with Gasteiger partial charge in [0.25, 0.3) is 0 Å². The molecule has 0 heterocycles. The van der Waals surface area contributed by atoms with Crippen LogP contribution in [0.15, 0.2) is 24.3 Å². The first-order valence-corrected chi connectivity index (χ1v) is 7.46. The molecular weight excluding hydrogens is 268 g/mol. The summed E-state index contributed by atoms with van der Waals surface area (Å²) in [6.07, 6.45) is 3.78. The molecule has 0 spiro atoms. The van der Waals surface area contributed by atoms with Crippen molar-refractivity contribution in [3.05, 3.63) is 29.8 Å². The Hall–Kier alpha value is -1.88. The summed E-state index contributed by atoms with van der Waals surface area (Å²) < 4.78 is 0. The van der Waals surface area contributed by atoms with Gasteiger partial charge in [-0.1, -0.05) is 12.1 Å². The van der Waals surface area contributed by atoms with Gasteiger partial charge in [0.1, 0.15) is 0 Å². The number of carbonyl (C=O) groups excluding carboxylic acids is 2. The van der Waals surface area contributed by atoms with Gasteiger partial charge in [-0.3, -0.25) is 9.59 Å². The van der Waals surface area contributed by atoms with Crippen molar-refractivity contribution in [2.24, 2.45) is 5.92 Å². The van der Waals surface area contributed by atoms with Crippen LogP contribution in [0.2, 0.25) is 0 Å². The molecule has 0 aromatic heterocycles. The summed E-state index contributed by atoms with van der Waals surface area (Å²) >= 11 is 0. The molecular formula is C16H22N2O3. The molecule has 0 atom stereocenters. The van der Waals surface area contributed by atoms with Gasteiger partial charge in [-0.15, -0.1) is 0 Å². The van der Waals surface area contributed by atoms with Crippen LogP contribution >= 0.6 is 0 Å². The largest absolute Gasteiger partial charge is 0.396 e. The third-order valence-corrected chi connectivity index (χ3v) is 3.47. The number of nitrogens with one attached hydrogen (secondary N) is 2. The fourth-order valence-electron chi connectivity index (χ4n) is 1.98. The molecule has 0 unspecified atom stereocenters. The minimum absolute atomic E-state index is 0.00503. The second-order valence-corrected chi connectivity index (χ2v) is 5.42. The Morgan fingerprint density at radius 2 is 1.86 bits per heavy atom. The second-order valence-electron chi connectivity index (χ2n) is 5.42. The minimum Gasteiger partial charge on any atom is -0.396 e. The first-order valence-electron chi connectivity index (χ1n) is 7.46. The molecule has 3 N–H and O–H groups in total. The van der Waals surface area contributed by atoms with E-state index in [4.69, 9.17) is 5.11 Å². The van der Waals surface area contributed by atoms with E-state index in [0.717, 1.165) is 24.1 Å². The van der Waals surface area contributed by atoms with Crippen LogP contribution in [0.3, 0.4) is 0 Å². The van der Waals surface area contributed by atoms with Crippen molar-refractivity contribution in [2.75, 3.05) is 11.9 Å². The predicted octanol–water partition coefficient (Wildman–Crippen LogP) is 1.81. The van der Waals surface area contributed by atoms with Gasteiger partial charge < -0.3 is 15.7 Å². The highest BCUT2D eigenvalue weighted by Crippen LogP contribution is 2.30. The molecule has 0 aliphatic heterocycles. The summed E-state index contributed by atoms with van der Waals surface area (Å²) in [5.41, 5.74) is 1.79. The van der Waals surface area contributed by atoms with Gasteiger partial charge in [0, 0.05) is 31.2 Å². The Balaban J connectivity index is 1.71. The number of rotatable bonds is 8. The Bertz CT molecular complexity index is 481. The summed E-state index contributed by atoms with van der Waals surface area (Å²) in [6.45, 7) is 0.607. The molecule has 0 radical (unpaired) electrons. The molecule has 1 aromatic carbocycles. The number of unbranched alkanes of at least 4 members (excludes halogenated alkanes) is 1. The maximum absolute atomic E-state index is 11.6. The molecule has 1 aliphatic carbocycles. The topological polar surface area (TPSA) is 78.4 Å². The highest BCUT2D eigenvalue weighted by atomic mass is 16.3. The second kappa shape index (κ2) is 7.78. The van der Waals surface area contributed by atoms with E-state index in [2.05, 4.69) is 10.6 Å². The smallest absolute Gasteiger partial charge is 0.227 e. The van der Waals surface area contributed by atoms with E-state index < -0.39 is 0 Å². The number of aliphatic hydroxyl groups excluding tert-OH is 1. The summed E-state index contributed by atoms with van der Waals surface area (Å²) in [6, 6.07) is 7.51. The summed E-state index contributed by atoms with van der Waals surface area (Å²) in [5.74, 6) is 0.289. The molecule has 2 amide bonds. The lowest BCUT2D eigenvalue weighted by Gasteiger charge is -2.07. The summed E-state index contributed by atoms with van der Waals surface area (Å²) in [7, 11) is 0. The third kappa shape index (κ3) is 5.55. The van der Waals surface area contributed by atoms with Crippen LogP contribution in [0.5, 0.6) is 0 Å². The lowest BCUT2D eigenvalue weighted by atomic mass is 10.2. The van der Waals surface area contributed by atoms with Crippen LogP contribution in [0.4, 0.5) is 5.69 Å². The number of aliphatic hydroxyl groups is 1. The first-order chi connectivity index (χ1) is 10.2. The Morgan fingerprint density at radius 3 is 2.48 bits per heavy atom. The molecule has 0 bridgehead atoms. The molecule has 1 aliphatic rings. The molecule has 1 saturated carbocycles. The molecule has 0 saturated heterocycles. The summed E-state index contributed by atoms with van der Waals surface area (Å²) in [4.78, 5) is 23.1. The van der Waals surface area contributed by atoms with Crippen molar-refractivity contribution < 1.29 is 14.7 Å². The minimum atomic E-state index is -0.00503. The van der Waals surface area contributed by atoms with Crippen LogP contribution in [-0.4, -0.2) is 23.5 Å². The van der Waals surface area contributed by atoms with E-state index in [1.807, 2.05) is 24.3 Å².